The van der Waals surface area contributed by atoms with Gasteiger partial charge in [-0.15, -0.1) is 24.0 Å². The molecule has 0 unspecified atom stereocenters. The van der Waals surface area contributed by atoms with Gasteiger partial charge in [0.2, 0.25) is 0 Å². The Morgan fingerprint density at radius 2 is 1.80 bits per heavy atom. The molecule has 1 saturated carbocycles. The van der Waals surface area contributed by atoms with Crippen molar-refractivity contribution >= 4 is 36.0 Å². The molecule has 0 aromatic carbocycles. The first-order valence-corrected chi connectivity index (χ1v) is 6.79. The fourth-order valence-electron chi connectivity index (χ4n) is 2.31. The molecule has 118 valence electrons. The van der Waals surface area contributed by atoms with E-state index in [0.29, 0.717) is 6.54 Å². The Balaban J connectivity index is 0.00000361. The maximum absolute atomic E-state index is 11.9. The van der Waals surface area contributed by atoms with Gasteiger partial charge < -0.3 is 21.5 Å². The zero-order chi connectivity index (χ0) is 14.5. The number of nitrogens with one attached hydrogen (secondary N) is 1. The highest BCUT2D eigenvalue weighted by Crippen LogP contribution is 2.29. The van der Waals surface area contributed by atoms with Crippen LogP contribution in [-0.2, 0) is 4.74 Å². The summed E-state index contributed by atoms with van der Waals surface area (Å²) < 4.78 is 5.31. The maximum atomic E-state index is 11.9. The van der Waals surface area contributed by atoms with Crippen molar-refractivity contribution in [3.8, 4) is 0 Å². The number of carbonyl (C=O) groups excluding carboxylic acids is 1. The smallest absolute Gasteiger partial charge is 0.408 e. The van der Waals surface area contributed by atoms with Gasteiger partial charge in [0.25, 0.3) is 0 Å². The molecule has 0 heterocycles. The maximum Gasteiger partial charge on any atom is 0.408 e. The molecular weight excluding hydrogens is 371 g/mol. The molecule has 0 radical (unpaired) electrons. The van der Waals surface area contributed by atoms with Crippen molar-refractivity contribution in [1.29, 1.82) is 0 Å². The van der Waals surface area contributed by atoms with Gasteiger partial charge in [0.1, 0.15) is 5.60 Å². The highest BCUT2D eigenvalue weighted by atomic mass is 127. The first-order chi connectivity index (χ1) is 8.72. The van der Waals surface area contributed by atoms with Gasteiger partial charge >= 0.3 is 6.09 Å². The molecule has 0 aromatic heterocycles. The molecule has 0 atom stereocenters. The molecule has 20 heavy (non-hydrogen) atoms. The topological polar surface area (TPSA) is 103 Å². The zero-order valence-corrected chi connectivity index (χ0v) is 14.9. The predicted molar refractivity (Wildman–Crippen MR) is 91.3 cm³/mol. The molecule has 6 nitrogen and oxygen atoms in total. The second-order valence-corrected chi connectivity index (χ2v) is 6.21. The van der Waals surface area contributed by atoms with Crippen molar-refractivity contribution in [2.24, 2.45) is 16.5 Å². The summed E-state index contributed by atoms with van der Waals surface area (Å²) in [5, 5.41) is 2.96. The van der Waals surface area contributed by atoms with Crippen LogP contribution in [0.15, 0.2) is 4.99 Å². The van der Waals surface area contributed by atoms with Crippen LogP contribution in [-0.4, -0.2) is 29.7 Å². The molecule has 0 aromatic rings. The molecule has 5 N–H and O–H groups in total. The standard InChI is InChI=1S/C13H26N4O2.HI/c1-12(2,3)19-11(18)17-13(9-16-10(14)15)7-5-4-6-8-13;/h4-9H2,1-3H3,(H,17,18)(H4,14,15,16);1H. The summed E-state index contributed by atoms with van der Waals surface area (Å²) in [7, 11) is 0. The number of amides is 1. The van der Waals surface area contributed by atoms with Gasteiger partial charge in [0.05, 0.1) is 12.1 Å². The van der Waals surface area contributed by atoms with Gasteiger partial charge in [0.15, 0.2) is 5.96 Å². The van der Waals surface area contributed by atoms with Crippen molar-refractivity contribution in [2.45, 2.75) is 64.0 Å². The van der Waals surface area contributed by atoms with Crippen LogP contribution in [0.25, 0.3) is 0 Å². The van der Waals surface area contributed by atoms with E-state index in [9.17, 15) is 4.79 Å². The van der Waals surface area contributed by atoms with Crippen molar-refractivity contribution in [2.75, 3.05) is 6.54 Å². The van der Waals surface area contributed by atoms with E-state index in [2.05, 4.69) is 10.3 Å². The molecule has 1 amide bonds. The number of halogens is 1. The largest absolute Gasteiger partial charge is 0.444 e. The zero-order valence-electron chi connectivity index (χ0n) is 12.6. The Hall–Kier alpha value is -0.730. The van der Waals surface area contributed by atoms with Crippen LogP contribution in [0.5, 0.6) is 0 Å². The molecule has 1 rings (SSSR count). The lowest BCUT2D eigenvalue weighted by atomic mass is 9.82. The predicted octanol–water partition coefficient (Wildman–Crippen LogP) is 2.11. The van der Waals surface area contributed by atoms with Gasteiger partial charge in [-0.1, -0.05) is 19.3 Å². The van der Waals surface area contributed by atoms with E-state index in [1.54, 1.807) is 0 Å². The van der Waals surface area contributed by atoms with E-state index >= 15 is 0 Å². The summed E-state index contributed by atoms with van der Waals surface area (Å²) in [5.74, 6) is 0.0518. The molecule has 0 saturated heterocycles. The van der Waals surface area contributed by atoms with Gasteiger partial charge in [0, 0.05) is 0 Å². The number of hydrogen-bond donors (Lipinski definition) is 3. The minimum Gasteiger partial charge on any atom is -0.444 e. The Morgan fingerprint density at radius 1 is 1.25 bits per heavy atom. The molecule has 0 bridgehead atoms. The number of rotatable bonds is 3. The highest BCUT2D eigenvalue weighted by Gasteiger charge is 2.35. The summed E-state index contributed by atoms with van der Waals surface area (Å²) in [5.41, 5.74) is 9.90. The molecule has 1 aliphatic carbocycles. The number of nitrogens with two attached hydrogens (primary N) is 2. The van der Waals surface area contributed by atoms with Crippen LogP contribution in [0.3, 0.4) is 0 Å². The van der Waals surface area contributed by atoms with Crippen molar-refractivity contribution < 1.29 is 9.53 Å². The number of ether oxygens (including phenoxy) is 1. The summed E-state index contributed by atoms with van der Waals surface area (Å²) >= 11 is 0. The number of aliphatic imine (C=N–C) groups is 1. The summed E-state index contributed by atoms with van der Waals surface area (Å²) in [4.78, 5) is 16.0. The van der Waals surface area contributed by atoms with Crippen LogP contribution in [0.1, 0.15) is 52.9 Å². The average Bonchev–Trinajstić information content (AvgIpc) is 2.25. The molecule has 0 aliphatic heterocycles. The van der Waals surface area contributed by atoms with Crippen LogP contribution in [0.2, 0.25) is 0 Å². The van der Waals surface area contributed by atoms with Crippen molar-refractivity contribution in [3.05, 3.63) is 0 Å². The Labute approximate surface area is 138 Å². The van der Waals surface area contributed by atoms with Gasteiger partial charge in [-0.25, -0.2) is 4.79 Å². The van der Waals surface area contributed by atoms with E-state index in [1.165, 1.54) is 6.42 Å². The second kappa shape index (κ2) is 7.90. The number of guanidine groups is 1. The Bertz CT molecular complexity index is 343. The summed E-state index contributed by atoms with van der Waals surface area (Å²) in [6, 6.07) is 0. The fourth-order valence-corrected chi connectivity index (χ4v) is 2.31. The molecule has 1 fully saturated rings. The minimum absolute atomic E-state index is 0. The Kier molecular flexibility index (Phi) is 7.61. The van der Waals surface area contributed by atoms with Gasteiger partial charge in [-0.05, 0) is 33.6 Å². The highest BCUT2D eigenvalue weighted by molar-refractivity contribution is 14.0. The van der Waals surface area contributed by atoms with Gasteiger partial charge in [-0.2, -0.15) is 0 Å². The van der Waals surface area contributed by atoms with E-state index < -0.39 is 11.7 Å². The van der Waals surface area contributed by atoms with Crippen LogP contribution in [0, 0.1) is 0 Å². The lowest BCUT2D eigenvalue weighted by molar-refractivity contribution is 0.0431. The van der Waals surface area contributed by atoms with Crippen molar-refractivity contribution in [1.82, 2.24) is 5.32 Å². The second-order valence-electron chi connectivity index (χ2n) is 6.21. The summed E-state index contributed by atoms with van der Waals surface area (Å²) in [6.07, 6.45) is 4.66. The third-order valence-electron chi connectivity index (χ3n) is 3.14. The minimum atomic E-state index is -0.504. The first kappa shape index (κ1) is 19.3. The summed E-state index contributed by atoms with van der Waals surface area (Å²) in [6.45, 7) is 5.94. The number of hydrogen-bond acceptors (Lipinski definition) is 3. The SMILES string of the molecule is CC(C)(C)OC(=O)NC1(CN=C(N)N)CCCCC1.I. The third kappa shape index (κ3) is 7.16. The normalized spacial score (nSPS) is 17.6. The van der Waals surface area contributed by atoms with Gasteiger partial charge in [-0.3, -0.25) is 4.99 Å². The third-order valence-corrected chi connectivity index (χ3v) is 3.14. The lowest BCUT2D eigenvalue weighted by Gasteiger charge is -2.37. The average molecular weight is 398 g/mol. The number of alkyl carbamates (subject to hydrolysis) is 1. The van der Waals surface area contributed by atoms with Crippen LogP contribution in [0.4, 0.5) is 4.79 Å². The molecule has 7 heteroatoms. The van der Waals surface area contributed by atoms with E-state index in [4.69, 9.17) is 16.2 Å². The Morgan fingerprint density at radius 3 is 2.25 bits per heavy atom. The number of carbonyl (C=O) groups is 1. The monoisotopic (exact) mass is 398 g/mol. The number of nitrogens with zero attached hydrogens (tertiary/aromatic N) is 1. The lowest BCUT2D eigenvalue weighted by Crippen LogP contribution is -2.53. The van der Waals surface area contributed by atoms with E-state index in [-0.39, 0.29) is 35.5 Å². The van der Waals surface area contributed by atoms with Crippen LogP contribution >= 0.6 is 24.0 Å². The van der Waals surface area contributed by atoms with E-state index in [0.717, 1.165) is 25.7 Å². The van der Waals surface area contributed by atoms with E-state index in [1.807, 2.05) is 20.8 Å². The molecule has 1 aliphatic rings. The quantitative estimate of drug-likeness (QED) is 0.385. The molecule has 0 spiro atoms. The first-order valence-electron chi connectivity index (χ1n) is 6.79. The fraction of sp³-hybridized carbons (Fsp3) is 0.846. The molecular formula is C13H27IN4O2. The van der Waals surface area contributed by atoms with Crippen molar-refractivity contribution in [3.63, 3.8) is 0 Å². The van der Waals surface area contributed by atoms with Crippen LogP contribution < -0.4 is 16.8 Å².